The molecule has 142 valence electrons. The van der Waals surface area contributed by atoms with Crippen LogP contribution in [-0.4, -0.2) is 36.6 Å². The maximum Gasteiger partial charge on any atom is 0.231 e. The van der Waals surface area contributed by atoms with Crippen molar-refractivity contribution in [3.05, 3.63) is 59.2 Å². The van der Waals surface area contributed by atoms with E-state index in [9.17, 15) is 9.59 Å². The highest BCUT2D eigenvalue weighted by molar-refractivity contribution is 5.78. The van der Waals surface area contributed by atoms with E-state index in [0.717, 1.165) is 16.9 Å². The molecule has 0 unspecified atom stereocenters. The van der Waals surface area contributed by atoms with Crippen LogP contribution in [0.15, 0.2) is 42.5 Å². The minimum atomic E-state index is -0.0505. The van der Waals surface area contributed by atoms with Crippen LogP contribution in [-0.2, 0) is 22.6 Å². The highest BCUT2D eigenvalue weighted by Crippen LogP contribution is 2.32. The Balaban J connectivity index is 1.49. The maximum atomic E-state index is 12.1. The van der Waals surface area contributed by atoms with E-state index in [1.54, 1.807) is 4.90 Å². The van der Waals surface area contributed by atoms with Gasteiger partial charge in [-0.15, -0.1) is 0 Å². The summed E-state index contributed by atoms with van der Waals surface area (Å²) in [7, 11) is 0. The first kappa shape index (κ1) is 18.8. The van der Waals surface area contributed by atoms with Crippen LogP contribution < -0.4 is 14.8 Å². The third-order valence-electron chi connectivity index (χ3n) is 4.44. The minimum Gasteiger partial charge on any atom is -0.454 e. The van der Waals surface area contributed by atoms with Crippen molar-refractivity contribution >= 4 is 11.8 Å². The molecule has 0 spiro atoms. The van der Waals surface area contributed by atoms with Crippen molar-refractivity contribution in [1.82, 2.24) is 10.2 Å². The number of aryl methyl sites for hydroxylation is 1. The van der Waals surface area contributed by atoms with E-state index < -0.39 is 0 Å². The zero-order chi connectivity index (χ0) is 19.2. The van der Waals surface area contributed by atoms with Crippen molar-refractivity contribution in [2.75, 3.05) is 19.9 Å². The number of hydrogen-bond donors (Lipinski definition) is 1. The van der Waals surface area contributed by atoms with E-state index in [1.807, 2.05) is 49.4 Å². The van der Waals surface area contributed by atoms with E-state index in [4.69, 9.17) is 9.47 Å². The molecule has 2 aromatic rings. The SMILES string of the molecule is CC(=O)N(CCNC(=O)Cc1ccc(C)cc1)Cc1ccc2c(c1)OCO2. The van der Waals surface area contributed by atoms with Crippen LogP contribution in [0.3, 0.4) is 0 Å². The smallest absolute Gasteiger partial charge is 0.231 e. The molecule has 6 heteroatoms. The summed E-state index contributed by atoms with van der Waals surface area (Å²) in [5.74, 6) is 1.32. The highest BCUT2D eigenvalue weighted by Gasteiger charge is 2.16. The average molecular weight is 368 g/mol. The summed E-state index contributed by atoms with van der Waals surface area (Å²) in [5.41, 5.74) is 3.10. The molecule has 0 bridgehead atoms. The summed E-state index contributed by atoms with van der Waals surface area (Å²) in [6.45, 7) is 5.09. The lowest BCUT2D eigenvalue weighted by atomic mass is 10.1. The number of nitrogens with zero attached hydrogens (tertiary/aromatic N) is 1. The number of amides is 2. The molecule has 6 nitrogen and oxygen atoms in total. The van der Waals surface area contributed by atoms with Gasteiger partial charge >= 0.3 is 0 Å². The molecular weight excluding hydrogens is 344 g/mol. The number of nitrogens with one attached hydrogen (secondary N) is 1. The van der Waals surface area contributed by atoms with E-state index in [-0.39, 0.29) is 18.6 Å². The molecule has 1 N–H and O–H groups in total. The monoisotopic (exact) mass is 368 g/mol. The average Bonchev–Trinajstić information content (AvgIpc) is 3.10. The Morgan fingerprint density at radius 3 is 2.48 bits per heavy atom. The molecule has 1 aliphatic heterocycles. The second kappa shape index (κ2) is 8.58. The van der Waals surface area contributed by atoms with Gasteiger partial charge in [0, 0.05) is 26.6 Å². The Kier molecular flexibility index (Phi) is 5.96. The zero-order valence-electron chi connectivity index (χ0n) is 15.7. The first-order valence-electron chi connectivity index (χ1n) is 8.97. The number of hydrogen-bond acceptors (Lipinski definition) is 4. The summed E-state index contributed by atoms with van der Waals surface area (Å²) >= 11 is 0. The van der Waals surface area contributed by atoms with Crippen LogP contribution in [0.4, 0.5) is 0 Å². The Morgan fingerprint density at radius 2 is 1.74 bits per heavy atom. The Morgan fingerprint density at radius 1 is 1.04 bits per heavy atom. The fourth-order valence-electron chi connectivity index (χ4n) is 2.89. The third kappa shape index (κ3) is 5.23. The lowest BCUT2D eigenvalue weighted by Crippen LogP contribution is -2.37. The number of rotatable bonds is 7. The van der Waals surface area contributed by atoms with Gasteiger partial charge in [-0.2, -0.15) is 0 Å². The Bertz CT molecular complexity index is 817. The van der Waals surface area contributed by atoms with Gasteiger partial charge in [0.25, 0.3) is 0 Å². The molecule has 0 aromatic heterocycles. The number of fused-ring (bicyclic) bond motifs is 1. The standard InChI is InChI=1S/C21H24N2O4/c1-15-3-5-17(6-4-15)12-21(25)22-9-10-23(16(2)24)13-18-7-8-19-20(11-18)27-14-26-19/h3-8,11H,9-10,12-14H2,1-2H3,(H,22,25). The predicted molar refractivity (Wildman–Crippen MR) is 102 cm³/mol. The fourth-order valence-corrected chi connectivity index (χ4v) is 2.89. The van der Waals surface area contributed by atoms with Gasteiger partial charge < -0.3 is 19.7 Å². The van der Waals surface area contributed by atoms with Crippen LogP contribution in [0.1, 0.15) is 23.6 Å². The van der Waals surface area contributed by atoms with Crippen LogP contribution in [0.25, 0.3) is 0 Å². The number of carbonyl (C=O) groups excluding carboxylic acids is 2. The molecule has 1 aliphatic rings. The zero-order valence-corrected chi connectivity index (χ0v) is 15.7. The molecule has 0 aliphatic carbocycles. The Labute approximate surface area is 159 Å². The Hall–Kier alpha value is -3.02. The van der Waals surface area contributed by atoms with Crippen molar-refractivity contribution in [1.29, 1.82) is 0 Å². The van der Waals surface area contributed by atoms with Crippen molar-refractivity contribution in [3.8, 4) is 11.5 Å². The number of ether oxygens (including phenoxy) is 2. The molecular formula is C21H24N2O4. The summed E-state index contributed by atoms with van der Waals surface area (Å²) in [6, 6.07) is 13.5. The molecule has 27 heavy (non-hydrogen) atoms. The van der Waals surface area contributed by atoms with Gasteiger partial charge in [0.2, 0.25) is 18.6 Å². The second-order valence-corrected chi connectivity index (χ2v) is 6.64. The number of benzene rings is 2. The van der Waals surface area contributed by atoms with E-state index in [1.165, 1.54) is 12.5 Å². The maximum absolute atomic E-state index is 12.1. The topological polar surface area (TPSA) is 67.9 Å². The van der Waals surface area contributed by atoms with Gasteiger partial charge in [0.05, 0.1) is 6.42 Å². The van der Waals surface area contributed by atoms with Gasteiger partial charge in [0.1, 0.15) is 0 Å². The highest BCUT2D eigenvalue weighted by atomic mass is 16.7. The first-order chi connectivity index (χ1) is 13.0. The molecule has 0 saturated heterocycles. The molecule has 0 radical (unpaired) electrons. The van der Waals surface area contributed by atoms with Crippen molar-refractivity contribution in [2.24, 2.45) is 0 Å². The summed E-state index contributed by atoms with van der Waals surface area (Å²) < 4.78 is 10.7. The molecule has 2 amide bonds. The van der Waals surface area contributed by atoms with Gasteiger partial charge in [-0.1, -0.05) is 35.9 Å². The van der Waals surface area contributed by atoms with E-state index in [0.29, 0.717) is 31.8 Å². The van der Waals surface area contributed by atoms with Gasteiger partial charge in [-0.25, -0.2) is 0 Å². The van der Waals surface area contributed by atoms with Gasteiger partial charge in [0.15, 0.2) is 11.5 Å². The largest absolute Gasteiger partial charge is 0.454 e. The van der Waals surface area contributed by atoms with Crippen molar-refractivity contribution in [3.63, 3.8) is 0 Å². The van der Waals surface area contributed by atoms with Crippen LogP contribution in [0, 0.1) is 6.92 Å². The molecule has 2 aromatic carbocycles. The third-order valence-corrected chi connectivity index (χ3v) is 4.44. The first-order valence-corrected chi connectivity index (χ1v) is 8.97. The number of carbonyl (C=O) groups is 2. The molecule has 0 saturated carbocycles. The summed E-state index contributed by atoms with van der Waals surface area (Å²) in [6.07, 6.45) is 0.336. The summed E-state index contributed by atoms with van der Waals surface area (Å²) in [5, 5.41) is 2.88. The molecule has 3 rings (SSSR count). The molecule has 0 fully saturated rings. The van der Waals surface area contributed by atoms with E-state index in [2.05, 4.69) is 5.32 Å². The van der Waals surface area contributed by atoms with Crippen molar-refractivity contribution < 1.29 is 19.1 Å². The lowest BCUT2D eigenvalue weighted by Gasteiger charge is -2.21. The minimum absolute atomic E-state index is 0.0412. The quantitative estimate of drug-likeness (QED) is 0.815. The van der Waals surface area contributed by atoms with Crippen LogP contribution in [0.5, 0.6) is 11.5 Å². The lowest BCUT2D eigenvalue weighted by molar-refractivity contribution is -0.130. The second-order valence-electron chi connectivity index (χ2n) is 6.64. The molecule has 0 atom stereocenters. The van der Waals surface area contributed by atoms with Gasteiger partial charge in [-0.3, -0.25) is 9.59 Å². The van der Waals surface area contributed by atoms with Crippen molar-refractivity contribution in [2.45, 2.75) is 26.8 Å². The van der Waals surface area contributed by atoms with E-state index >= 15 is 0 Å². The molecule has 1 heterocycles. The fraction of sp³-hybridized carbons (Fsp3) is 0.333. The normalized spacial score (nSPS) is 11.9. The van der Waals surface area contributed by atoms with Crippen LogP contribution >= 0.6 is 0 Å². The van der Waals surface area contributed by atoms with Crippen LogP contribution in [0.2, 0.25) is 0 Å². The predicted octanol–water partition coefficient (Wildman–Crippen LogP) is 2.43. The summed E-state index contributed by atoms with van der Waals surface area (Å²) in [4.78, 5) is 25.7. The van der Waals surface area contributed by atoms with Gasteiger partial charge in [-0.05, 0) is 30.2 Å².